The van der Waals surface area contributed by atoms with Crippen LogP contribution in [-0.2, 0) is 9.59 Å². The van der Waals surface area contributed by atoms with Crippen molar-refractivity contribution in [2.75, 3.05) is 11.5 Å². The van der Waals surface area contributed by atoms with E-state index in [4.69, 9.17) is 5.11 Å². The van der Waals surface area contributed by atoms with Crippen molar-refractivity contribution in [1.29, 1.82) is 0 Å². The van der Waals surface area contributed by atoms with E-state index in [1.54, 1.807) is 11.8 Å². The lowest BCUT2D eigenvalue weighted by atomic mass is 9.88. The Morgan fingerprint density at radius 1 is 1.33 bits per heavy atom. The van der Waals surface area contributed by atoms with Crippen LogP contribution in [0.1, 0.15) is 45.4 Å². The molecule has 0 aromatic heterocycles. The van der Waals surface area contributed by atoms with Gasteiger partial charge in [-0.2, -0.15) is 11.8 Å². The fourth-order valence-electron chi connectivity index (χ4n) is 2.35. The molecule has 2 N–H and O–H groups in total. The third-order valence-corrected chi connectivity index (χ3v) is 4.45. The minimum absolute atomic E-state index is 0.282. The average Bonchev–Trinajstić information content (AvgIpc) is 2.33. The number of nitrogens with one attached hydrogen (secondary N) is 1. The zero-order valence-electron chi connectivity index (χ0n) is 11.0. The van der Waals surface area contributed by atoms with Gasteiger partial charge in [-0.1, -0.05) is 32.1 Å². The van der Waals surface area contributed by atoms with Crippen molar-refractivity contribution < 1.29 is 14.7 Å². The van der Waals surface area contributed by atoms with E-state index in [2.05, 4.69) is 5.32 Å². The Hall–Kier alpha value is -0.710. The summed E-state index contributed by atoms with van der Waals surface area (Å²) in [6, 6.07) is -0.751. The third kappa shape index (κ3) is 6.28. The Morgan fingerprint density at radius 2 is 2.00 bits per heavy atom. The number of rotatable bonds is 7. The van der Waals surface area contributed by atoms with Gasteiger partial charge in [0.2, 0.25) is 5.91 Å². The number of carboxylic acids is 1. The first-order chi connectivity index (χ1) is 8.59. The number of carboxylic acid groups (broad SMARTS) is 1. The van der Waals surface area contributed by atoms with Crippen molar-refractivity contribution in [3.63, 3.8) is 0 Å². The van der Waals surface area contributed by atoms with Crippen LogP contribution in [0.2, 0.25) is 0 Å². The molecule has 5 heteroatoms. The van der Waals surface area contributed by atoms with E-state index in [-0.39, 0.29) is 5.91 Å². The van der Waals surface area contributed by atoms with Crippen molar-refractivity contribution in [1.82, 2.24) is 5.32 Å². The molecule has 0 aromatic rings. The van der Waals surface area contributed by atoms with Crippen LogP contribution in [0.4, 0.5) is 0 Å². The predicted molar refractivity (Wildman–Crippen MR) is 73.8 cm³/mol. The summed E-state index contributed by atoms with van der Waals surface area (Å²) in [4.78, 5) is 21.8. The van der Waals surface area contributed by atoms with Gasteiger partial charge in [0.05, 0.1) is 0 Å². The van der Waals surface area contributed by atoms with Crippen molar-refractivity contribution in [3.8, 4) is 0 Å². The fraction of sp³-hybridized carbons (Fsp3) is 0.846. The molecule has 0 bridgehead atoms. The lowest BCUT2D eigenvalue weighted by Crippen LogP contribution is -2.41. The second-order valence-corrected chi connectivity index (χ2v) is 6.11. The van der Waals surface area contributed by atoms with Crippen LogP contribution < -0.4 is 5.32 Å². The molecule has 0 heterocycles. The molecule has 1 saturated carbocycles. The molecule has 1 fully saturated rings. The SMILES string of the molecule is CC(=O)N[C@@H](CSCCC1CCCCC1)C(=O)O. The van der Waals surface area contributed by atoms with E-state index in [1.165, 1.54) is 45.4 Å². The zero-order valence-corrected chi connectivity index (χ0v) is 11.8. The summed E-state index contributed by atoms with van der Waals surface area (Å²) in [6.07, 6.45) is 7.89. The maximum atomic E-state index is 10.9. The second kappa shape index (κ2) is 8.40. The summed E-state index contributed by atoms with van der Waals surface area (Å²) < 4.78 is 0. The van der Waals surface area contributed by atoms with Gasteiger partial charge in [0.1, 0.15) is 6.04 Å². The quantitative estimate of drug-likeness (QED) is 0.698. The van der Waals surface area contributed by atoms with Crippen LogP contribution >= 0.6 is 11.8 Å². The highest BCUT2D eigenvalue weighted by Crippen LogP contribution is 2.27. The monoisotopic (exact) mass is 273 g/mol. The normalized spacial score (nSPS) is 18.3. The summed E-state index contributed by atoms with van der Waals surface area (Å²) in [7, 11) is 0. The highest BCUT2D eigenvalue weighted by molar-refractivity contribution is 7.99. The molecular formula is C13H23NO3S. The maximum Gasteiger partial charge on any atom is 0.327 e. The molecule has 18 heavy (non-hydrogen) atoms. The van der Waals surface area contributed by atoms with Crippen LogP contribution in [0.15, 0.2) is 0 Å². The largest absolute Gasteiger partial charge is 0.480 e. The minimum atomic E-state index is -0.949. The summed E-state index contributed by atoms with van der Waals surface area (Å²) >= 11 is 1.63. The number of hydrogen-bond acceptors (Lipinski definition) is 3. The molecule has 1 atom stereocenters. The van der Waals surface area contributed by atoms with Gasteiger partial charge in [-0.25, -0.2) is 4.79 Å². The summed E-state index contributed by atoms with van der Waals surface area (Å²) in [5, 5.41) is 11.4. The van der Waals surface area contributed by atoms with E-state index in [0.29, 0.717) is 5.75 Å². The first-order valence-corrected chi connectivity index (χ1v) is 7.82. The molecule has 104 valence electrons. The molecule has 1 aliphatic rings. The van der Waals surface area contributed by atoms with Gasteiger partial charge < -0.3 is 10.4 Å². The van der Waals surface area contributed by atoms with E-state index in [0.717, 1.165) is 11.7 Å². The maximum absolute atomic E-state index is 10.9. The van der Waals surface area contributed by atoms with Crippen LogP contribution in [0.3, 0.4) is 0 Å². The van der Waals surface area contributed by atoms with Gasteiger partial charge in [0.25, 0.3) is 0 Å². The Morgan fingerprint density at radius 3 is 2.56 bits per heavy atom. The lowest BCUT2D eigenvalue weighted by molar-refractivity contribution is -0.140. The molecule has 0 radical (unpaired) electrons. The summed E-state index contributed by atoms with van der Waals surface area (Å²) in [6.45, 7) is 1.35. The topological polar surface area (TPSA) is 66.4 Å². The van der Waals surface area contributed by atoms with Crippen LogP contribution in [0.25, 0.3) is 0 Å². The predicted octanol–water partition coefficient (Wildman–Crippen LogP) is 2.28. The molecule has 1 aliphatic carbocycles. The van der Waals surface area contributed by atoms with Crippen LogP contribution in [0, 0.1) is 5.92 Å². The Labute approximate surface area is 113 Å². The number of aliphatic carboxylic acids is 1. The number of carbonyl (C=O) groups excluding carboxylic acids is 1. The highest BCUT2D eigenvalue weighted by atomic mass is 32.2. The molecule has 0 unspecified atom stereocenters. The van der Waals surface area contributed by atoms with Crippen molar-refractivity contribution in [2.45, 2.75) is 51.5 Å². The Kier molecular flexibility index (Phi) is 7.16. The van der Waals surface area contributed by atoms with Crippen molar-refractivity contribution >= 4 is 23.6 Å². The minimum Gasteiger partial charge on any atom is -0.480 e. The van der Waals surface area contributed by atoms with Gasteiger partial charge in [0.15, 0.2) is 0 Å². The first kappa shape index (κ1) is 15.3. The first-order valence-electron chi connectivity index (χ1n) is 6.67. The van der Waals surface area contributed by atoms with E-state index < -0.39 is 12.0 Å². The van der Waals surface area contributed by atoms with Crippen molar-refractivity contribution in [2.24, 2.45) is 5.92 Å². The smallest absolute Gasteiger partial charge is 0.327 e. The molecule has 0 aliphatic heterocycles. The van der Waals surface area contributed by atoms with E-state index in [1.807, 2.05) is 0 Å². The molecule has 4 nitrogen and oxygen atoms in total. The van der Waals surface area contributed by atoms with Crippen molar-refractivity contribution in [3.05, 3.63) is 0 Å². The van der Waals surface area contributed by atoms with Gasteiger partial charge in [-0.15, -0.1) is 0 Å². The third-order valence-electron chi connectivity index (χ3n) is 3.36. The van der Waals surface area contributed by atoms with Gasteiger partial charge in [-0.05, 0) is 18.1 Å². The van der Waals surface area contributed by atoms with E-state index in [9.17, 15) is 9.59 Å². The molecular weight excluding hydrogens is 250 g/mol. The summed E-state index contributed by atoms with van der Waals surface area (Å²) in [5.41, 5.74) is 0. The van der Waals surface area contributed by atoms with Gasteiger partial charge in [0, 0.05) is 12.7 Å². The number of amides is 1. The lowest BCUT2D eigenvalue weighted by Gasteiger charge is -2.21. The van der Waals surface area contributed by atoms with Gasteiger partial charge in [-0.3, -0.25) is 4.79 Å². The van der Waals surface area contributed by atoms with Crippen LogP contribution in [-0.4, -0.2) is 34.5 Å². The van der Waals surface area contributed by atoms with E-state index >= 15 is 0 Å². The van der Waals surface area contributed by atoms with Crippen LogP contribution in [0.5, 0.6) is 0 Å². The fourth-order valence-corrected chi connectivity index (χ4v) is 3.48. The molecule has 1 rings (SSSR count). The Balaban J connectivity index is 2.13. The zero-order chi connectivity index (χ0) is 13.4. The molecule has 0 aromatic carbocycles. The Bertz CT molecular complexity index is 277. The summed E-state index contributed by atoms with van der Waals surface area (Å²) in [5.74, 6) is 1.05. The number of hydrogen-bond donors (Lipinski definition) is 2. The second-order valence-electron chi connectivity index (χ2n) is 4.96. The molecule has 0 spiro atoms. The number of carbonyl (C=O) groups is 2. The molecule has 1 amide bonds. The van der Waals surface area contributed by atoms with Gasteiger partial charge >= 0.3 is 5.97 Å². The highest BCUT2D eigenvalue weighted by Gasteiger charge is 2.18. The standard InChI is InChI=1S/C13H23NO3S/c1-10(15)14-12(13(16)17)9-18-8-7-11-5-3-2-4-6-11/h11-12H,2-9H2,1H3,(H,14,15)(H,16,17)/t12-/m0/s1. The number of thioether (sulfide) groups is 1. The molecule has 0 saturated heterocycles. The average molecular weight is 273 g/mol.